The predicted molar refractivity (Wildman–Crippen MR) is 60.6 cm³/mol. The zero-order chi connectivity index (χ0) is 11.7. The topological polar surface area (TPSA) is 44.8 Å². The van der Waals surface area contributed by atoms with Gasteiger partial charge >= 0.3 is 14.5 Å². The van der Waals surface area contributed by atoms with Gasteiger partial charge in [-0.1, -0.05) is 6.08 Å². The number of carbonyl (C=O) groups excluding carboxylic acids is 1. The summed E-state index contributed by atoms with van der Waals surface area (Å²) < 4.78 is 16.1. The van der Waals surface area contributed by atoms with Crippen LogP contribution >= 0.6 is 0 Å². The van der Waals surface area contributed by atoms with Crippen LogP contribution in [-0.4, -0.2) is 34.0 Å². The second-order valence-corrected chi connectivity index (χ2v) is 6.24. The molecule has 0 spiro atoms. The molecule has 0 atom stereocenters. The van der Waals surface area contributed by atoms with Gasteiger partial charge in [-0.05, 0) is 27.3 Å². The molecule has 0 unspecified atom stereocenters. The summed E-state index contributed by atoms with van der Waals surface area (Å²) in [7, 11) is -2.32. The molecule has 0 aliphatic carbocycles. The van der Waals surface area contributed by atoms with Crippen molar-refractivity contribution in [2.75, 3.05) is 19.4 Å². The minimum atomic E-state index is -2.32. The lowest BCUT2D eigenvalue weighted by atomic mass is 10.5. The Morgan fingerprint density at radius 3 is 2.20 bits per heavy atom. The highest BCUT2D eigenvalue weighted by molar-refractivity contribution is 6.66. The second kappa shape index (κ2) is 7.61. The molecule has 0 aromatic heterocycles. The Labute approximate surface area is 92.5 Å². The van der Waals surface area contributed by atoms with E-state index in [2.05, 4.69) is 0 Å². The van der Waals surface area contributed by atoms with Gasteiger partial charge in [-0.25, -0.2) is 4.79 Å². The summed E-state index contributed by atoms with van der Waals surface area (Å²) >= 11 is 0. The van der Waals surface area contributed by atoms with Crippen LogP contribution in [0.4, 0.5) is 0 Å². The molecule has 0 heterocycles. The fourth-order valence-corrected chi connectivity index (χ4v) is 3.00. The SMILES string of the molecule is CC=CC(=O)OC[Si](C)(OCC)OCC. The molecule has 0 bridgehead atoms. The molecule has 0 N–H and O–H groups in total. The summed E-state index contributed by atoms with van der Waals surface area (Å²) in [5, 5.41) is 0. The van der Waals surface area contributed by atoms with Gasteiger partial charge in [0.2, 0.25) is 0 Å². The van der Waals surface area contributed by atoms with Crippen LogP contribution < -0.4 is 0 Å². The third kappa shape index (κ3) is 6.43. The standard InChI is InChI=1S/C10H20O4Si/c1-5-8-10(11)12-9-15(4,13-6-2)14-7-3/h5,8H,6-7,9H2,1-4H3. The van der Waals surface area contributed by atoms with E-state index in [1.165, 1.54) is 6.08 Å². The Balaban J connectivity index is 4.10. The van der Waals surface area contributed by atoms with Crippen molar-refractivity contribution in [3.8, 4) is 0 Å². The molecular formula is C10H20O4Si. The van der Waals surface area contributed by atoms with Crippen LogP contribution in [0, 0.1) is 0 Å². The maximum atomic E-state index is 11.1. The van der Waals surface area contributed by atoms with Crippen molar-refractivity contribution in [2.45, 2.75) is 27.3 Å². The van der Waals surface area contributed by atoms with Crippen LogP contribution in [0.15, 0.2) is 12.2 Å². The number of ether oxygens (including phenoxy) is 1. The lowest BCUT2D eigenvalue weighted by Gasteiger charge is -2.24. The van der Waals surface area contributed by atoms with E-state index in [1.54, 1.807) is 13.0 Å². The fourth-order valence-electron chi connectivity index (χ4n) is 1.12. The highest BCUT2D eigenvalue weighted by atomic mass is 28.4. The molecule has 15 heavy (non-hydrogen) atoms. The van der Waals surface area contributed by atoms with E-state index in [4.69, 9.17) is 13.6 Å². The van der Waals surface area contributed by atoms with Gasteiger partial charge in [-0.2, -0.15) is 0 Å². The molecule has 5 heteroatoms. The van der Waals surface area contributed by atoms with Crippen molar-refractivity contribution in [1.82, 2.24) is 0 Å². The van der Waals surface area contributed by atoms with Crippen LogP contribution in [0.25, 0.3) is 0 Å². The normalized spacial score (nSPS) is 12.0. The maximum Gasteiger partial charge on any atom is 0.374 e. The van der Waals surface area contributed by atoms with E-state index < -0.39 is 8.56 Å². The molecule has 0 rings (SSSR count). The average molecular weight is 232 g/mol. The van der Waals surface area contributed by atoms with Gasteiger partial charge in [0.1, 0.15) is 6.23 Å². The molecule has 0 aromatic carbocycles. The zero-order valence-corrected chi connectivity index (χ0v) is 10.9. The molecule has 0 aliphatic heterocycles. The van der Waals surface area contributed by atoms with Gasteiger partial charge in [-0.15, -0.1) is 0 Å². The van der Waals surface area contributed by atoms with E-state index in [0.29, 0.717) is 13.2 Å². The highest BCUT2D eigenvalue weighted by Crippen LogP contribution is 2.07. The number of allylic oxidation sites excluding steroid dienone is 1. The summed E-state index contributed by atoms with van der Waals surface area (Å²) in [6, 6.07) is 0. The van der Waals surface area contributed by atoms with Crippen LogP contribution in [0.1, 0.15) is 20.8 Å². The van der Waals surface area contributed by atoms with Crippen LogP contribution in [0.2, 0.25) is 6.55 Å². The first-order chi connectivity index (χ1) is 7.08. The molecule has 0 saturated heterocycles. The van der Waals surface area contributed by atoms with Crippen molar-refractivity contribution < 1.29 is 18.4 Å². The smallest absolute Gasteiger partial charge is 0.374 e. The van der Waals surface area contributed by atoms with E-state index in [9.17, 15) is 4.79 Å². The molecule has 0 radical (unpaired) electrons. The average Bonchev–Trinajstić information content (AvgIpc) is 2.16. The molecular weight excluding hydrogens is 212 g/mol. The van der Waals surface area contributed by atoms with Gasteiger partial charge < -0.3 is 13.6 Å². The van der Waals surface area contributed by atoms with Crippen molar-refractivity contribution in [1.29, 1.82) is 0 Å². The monoisotopic (exact) mass is 232 g/mol. The van der Waals surface area contributed by atoms with E-state index in [-0.39, 0.29) is 12.2 Å². The molecule has 4 nitrogen and oxygen atoms in total. The quantitative estimate of drug-likeness (QED) is 0.381. The van der Waals surface area contributed by atoms with E-state index >= 15 is 0 Å². The van der Waals surface area contributed by atoms with Crippen molar-refractivity contribution in [2.24, 2.45) is 0 Å². The molecule has 0 aliphatic rings. The van der Waals surface area contributed by atoms with Gasteiger partial charge in [0.05, 0.1) is 0 Å². The van der Waals surface area contributed by atoms with Gasteiger partial charge in [0.25, 0.3) is 0 Å². The summed E-state index contributed by atoms with van der Waals surface area (Å²) in [5.74, 6) is -0.351. The Hall–Kier alpha value is -0.653. The number of hydrogen-bond acceptors (Lipinski definition) is 4. The van der Waals surface area contributed by atoms with Gasteiger partial charge in [-0.3, -0.25) is 0 Å². The minimum Gasteiger partial charge on any atom is -0.461 e. The molecule has 0 saturated carbocycles. The highest BCUT2D eigenvalue weighted by Gasteiger charge is 2.32. The predicted octanol–water partition coefficient (Wildman–Crippen LogP) is 1.79. The van der Waals surface area contributed by atoms with E-state index in [0.717, 1.165) is 0 Å². The number of hydrogen-bond donors (Lipinski definition) is 0. The molecule has 0 amide bonds. The first-order valence-electron chi connectivity index (χ1n) is 5.15. The Morgan fingerprint density at radius 2 is 1.80 bits per heavy atom. The van der Waals surface area contributed by atoms with Crippen molar-refractivity contribution >= 4 is 14.5 Å². The zero-order valence-electron chi connectivity index (χ0n) is 9.91. The Morgan fingerprint density at radius 1 is 1.27 bits per heavy atom. The first-order valence-corrected chi connectivity index (χ1v) is 7.67. The van der Waals surface area contributed by atoms with E-state index in [1.807, 2.05) is 20.4 Å². The van der Waals surface area contributed by atoms with Gasteiger partial charge in [0.15, 0.2) is 0 Å². The lowest BCUT2D eigenvalue weighted by Crippen LogP contribution is -2.44. The number of esters is 1. The van der Waals surface area contributed by atoms with Gasteiger partial charge in [0, 0.05) is 19.3 Å². The molecule has 0 aromatic rings. The minimum absolute atomic E-state index is 0.234. The summed E-state index contributed by atoms with van der Waals surface area (Å²) in [6.45, 7) is 8.61. The Bertz CT molecular complexity index is 209. The Kier molecular flexibility index (Phi) is 7.28. The summed E-state index contributed by atoms with van der Waals surface area (Å²) in [5.41, 5.74) is 0. The lowest BCUT2D eigenvalue weighted by molar-refractivity contribution is -0.136. The van der Waals surface area contributed by atoms with Crippen molar-refractivity contribution in [3.63, 3.8) is 0 Å². The third-order valence-electron chi connectivity index (χ3n) is 1.68. The molecule has 88 valence electrons. The number of carbonyl (C=O) groups is 1. The summed E-state index contributed by atoms with van der Waals surface area (Å²) in [4.78, 5) is 11.1. The van der Waals surface area contributed by atoms with Crippen molar-refractivity contribution in [3.05, 3.63) is 12.2 Å². The largest absolute Gasteiger partial charge is 0.461 e. The first kappa shape index (κ1) is 14.3. The second-order valence-electron chi connectivity index (χ2n) is 3.11. The maximum absolute atomic E-state index is 11.1. The number of rotatable bonds is 7. The third-order valence-corrected chi connectivity index (χ3v) is 4.15. The van der Waals surface area contributed by atoms with Crippen LogP contribution in [-0.2, 0) is 18.4 Å². The van der Waals surface area contributed by atoms with Crippen LogP contribution in [0.5, 0.6) is 0 Å². The fraction of sp³-hybridized carbons (Fsp3) is 0.700. The molecule has 0 fully saturated rings. The summed E-state index contributed by atoms with van der Waals surface area (Å²) in [6.07, 6.45) is 3.26. The van der Waals surface area contributed by atoms with Crippen LogP contribution in [0.3, 0.4) is 0 Å².